The van der Waals surface area contributed by atoms with Crippen molar-refractivity contribution in [3.05, 3.63) is 70.0 Å². The van der Waals surface area contributed by atoms with Crippen LogP contribution < -0.4 is 5.32 Å². The topological polar surface area (TPSA) is 49.4 Å². The Kier molecular flexibility index (Phi) is 10.3. The van der Waals surface area contributed by atoms with E-state index < -0.39 is 6.04 Å². The first-order valence-electron chi connectivity index (χ1n) is 12.0. The lowest BCUT2D eigenvalue weighted by Gasteiger charge is -2.32. The lowest BCUT2D eigenvalue weighted by Crippen LogP contribution is -2.52. The van der Waals surface area contributed by atoms with Crippen LogP contribution in [0.2, 0.25) is 5.02 Å². The van der Waals surface area contributed by atoms with E-state index in [9.17, 15) is 14.0 Å². The smallest absolute Gasteiger partial charge is 0.243 e. The van der Waals surface area contributed by atoms with Crippen LogP contribution in [0, 0.1) is 12.7 Å². The SMILES string of the molecule is CCC(C(=O)NC1CCCCC1)N(Cc1ccc(C)cc1)C(=O)CSCc1c(F)cccc1Cl. The standard InChI is InChI=1S/C27H34ClFN2O2S/c1-3-25(27(33)30-21-8-5-4-6-9-21)31(16-20-14-12-19(2)13-15-20)26(32)18-34-17-22-23(28)10-7-11-24(22)29/h7,10-15,21,25H,3-6,8-9,16-18H2,1-2H3,(H,30,33). The highest BCUT2D eigenvalue weighted by Crippen LogP contribution is 2.25. The van der Waals surface area contributed by atoms with Crippen LogP contribution in [0.5, 0.6) is 0 Å². The monoisotopic (exact) mass is 504 g/mol. The maximum Gasteiger partial charge on any atom is 0.243 e. The molecular formula is C27H34ClFN2O2S. The Morgan fingerprint density at radius 2 is 1.85 bits per heavy atom. The molecule has 7 heteroatoms. The van der Waals surface area contributed by atoms with Gasteiger partial charge in [-0.15, -0.1) is 11.8 Å². The number of halogens is 2. The number of hydrogen-bond acceptors (Lipinski definition) is 3. The molecule has 2 aromatic carbocycles. The zero-order valence-electron chi connectivity index (χ0n) is 20.0. The molecule has 1 aliphatic carbocycles. The Bertz CT molecular complexity index is 943. The minimum atomic E-state index is -0.548. The van der Waals surface area contributed by atoms with Crippen molar-refractivity contribution < 1.29 is 14.0 Å². The lowest BCUT2D eigenvalue weighted by molar-refractivity contribution is -0.139. The van der Waals surface area contributed by atoms with Gasteiger partial charge in [0.05, 0.1) is 5.75 Å². The summed E-state index contributed by atoms with van der Waals surface area (Å²) in [5.41, 5.74) is 2.51. The molecule has 1 fully saturated rings. The molecule has 1 aliphatic rings. The van der Waals surface area contributed by atoms with Crippen molar-refractivity contribution in [3.8, 4) is 0 Å². The predicted octanol–water partition coefficient (Wildman–Crippen LogP) is 6.28. The molecule has 1 atom stereocenters. The first-order valence-corrected chi connectivity index (χ1v) is 13.6. The number of hydrogen-bond donors (Lipinski definition) is 1. The van der Waals surface area contributed by atoms with Crippen LogP contribution in [0.4, 0.5) is 4.39 Å². The highest BCUT2D eigenvalue weighted by atomic mass is 35.5. The average Bonchev–Trinajstić information content (AvgIpc) is 2.82. The van der Waals surface area contributed by atoms with Gasteiger partial charge in [-0.1, -0.05) is 73.7 Å². The lowest BCUT2D eigenvalue weighted by atomic mass is 9.95. The number of carbonyl (C=O) groups is 2. The second kappa shape index (κ2) is 13.1. The number of amides is 2. The zero-order valence-corrected chi connectivity index (χ0v) is 21.6. The number of carbonyl (C=O) groups excluding carboxylic acids is 2. The Hall–Kier alpha value is -2.05. The number of rotatable bonds is 10. The summed E-state index contributed by atoms with van der Waals surface area (Å²) in [5.74, 6) is -0.160. The fraction of sp³-hybridized carbons (Fsp3) is 0.481. The molecule has 0 saturated heterocycles. The molecule has 4 nitrogen and oxygen atoms in total. The van der Waals surface area contributed by atoms with E-state index in [0.717, 1.165) is 36.8 Å². The third kappa shape index (κ3) is 7.47. The van der Waals surface area contributed by atoms with Gasteiger partial charge in [-0.2, -0.15) is 0 Å². The number of thioether (sulfide) groups is 1. The summed E-state index contributed by atoms with van der Waals surface area (Å²) in [6.07, 6.45) is 5.98. The molecule has 0 aromatic heterocycles. The molecule has 3 rings (SSSR count). The van der Waals surface area contributed by atoms with E-state index in [2.05, 4.69) is 5.32 Å². The third-order valence-corrected chi connectivity index (χ3v) is 7.64. The molecule has 1 unspecified atom stereocenters. The van der Waals surface area contributed by atoms with Crippen LogP contribution in [0.15, 0.2) is 42.5 Å². The molecule has 0 bridgehead atoms. The van der Waals surface area contributed by atoms with Crippen molar-refractivity contribution in [1.29, 1.82) is 0 Å². The number of nitrogens with one attached hydrogen (secondary N) is 1. The van der Waals surface area contributed by atoms with Gasteiger partial charge in [-0.3, -0.25) is 9.59 Å². The number of nitrogens with zero attached hydrogens (tertiary/aromatic N) is 1. The highest BCUT2D eigenvalue weighted by Gasteiger charge is 2.30. The summed E-state index contributed by atoms with van der Waals surface area (Å²) >= 11 is 7.44. The Labute approximate surface area is 211 Å². The van der Waals surface area contributed by atoms with Gasteiger partial charge in [0.25, 0.3) is 0 Å². The van der Waals surface area contributed by atoms with Gasteiger partial charge in [0, 0.05) is 28.9 Å². The van der Waals surface area contributed by atoms with Gasteiger partial charge in [0.2, 0.25) is 11.8 Å². The first kappa shape index (κ1) is 26.6. The molecule has 0 spiro atoms. The van der Waals surface area contributed by atoms with E-state index in [1.54, 1.807) is 17.0 Å². The van der Waals surface area contributed by atoms with Crippen LogP contribution >= 0.6 is 23.4 Å². The summed E-state index contributed by atoms with van der Waals surface area (Å²) < 4.78 is 14.1. The van der Waals surface area contributed by atoms with Gasteiger partial charge in [-0.25, -0.2) is 4.39 Å². The van der Waals surface area contributed by atoms with E-state index in [1.165, 1.54) is 24.2 Å². The summed E-state index contributed by atoms with van der Waals surface area (Å²) in [5, 5.41) is 3.55. The highest BCUT2D eigenvalue weighted by molar-refractivity contribution is 7.99. The van der Waals surface area contributed by atoms with Gasteiger partial charge < -0.3 is 10.2 Å². The van der Waals surface area contributed by atoms with Crippen molar-refractivity contribution in [2.45, 2.75) is 76.8 Å². The van der Waals surface area contributed by atoms with E-state index in [-0.39, 0.29) is 29.4 Å². The zero-order chi connectivity index (χ0) is 24.5. The van der Waals surface area contributed by atoms with Crippen molar-refractivity contribution in [3.63, 3.8) is 0 Å². The molecule has 34 heavy (non-hydrogen) atoms. The molecule has 0 heterocycles. The average molecular weight is 505 g/mol. The quantitative estimate of drug-likeness (QED) is 0.414. The summed E-state index contributed by atoms with van der Waals surface area (Å²) in [6, 6.07) is 12.2. The Balaban J connectivity index is 1.72. The van der Waals surface area contributed by atoms with Gasteiger partial charge in [0.15, 0.2) is 0 Å². The van der Waals surface area contributed by atoms with E-state index >= 15 is 0 Å². The van der Waals surface area contributed by atoms with Crippen LogP contribution in [0.3, 0.4) is 0 Å². The van der Waals surface area contributed by atoms with Gasteiger partial charge in [0.1, 0.15) is 11.9 Å². The molecule has 2 amide bonds. The minimum Gasteiger partial charge on any atom is -0.352 e. The summed E-state index contributed by atoms with van der Waals surface area (Å²) in [7, 11) is 0. The Morgan fingerprint density at radius 3 is 2.50 bits per heavy atom. The molecule has 0 radical (unpaired) electrons. The number of aryl methyl sites for hydroxylation is 1. The van der Waals surface area contributed by atoms with E-state index in [4.69, 9.17) is 11.6 Å². The first-order chi connectivity index (χ1) is 16.4. The van der Waals surface area contributed by atoms with Gasteiger partial charge >= 0.3 is 0 Å². The minimum absolute atomic E-state index is 0.0861. The molecule has 184 valence electrons. The maximum absolute atomic E-state index is 14.1. The molecular weight excluding hydrogens is 471 g/mol. The van der Waals surface area contributed by atoms with Crippen molar-refractivity contribution in [2.75, 3.05) is 5.75 Å². The second-order valence-electron chi connectivity index (χ2n) is 8.97. The van der Waals surface area contributed by atoms with Crippen LogP contribution in [-0.2, 0) is 21.9 Å². The van der Waals surface area contributed by atoms with E-state index in [1.807, 2.05) is 38.1 Å². The molecule has 1 N–H and O–H groups in total. The fourth-order valence-electron chi connectivity index (χ4n) is 4.35. The third-order valence-electron chi connectivity index (χ3n) is 6.34. The van der Waals surface area contributed by atoms with Crippen LogP contribution in [-0.4, -0.2) is 34.6 Å². The second-order valence-corrected chi connectivity index (χ2v) is 10.4. The van der Waals surface area contributed by atoms with Crippen LogP contribution in [0.1, 0.15) is 62.1 Å². The van der Waals surface area contributed by atoms with Crippen molar-refractivity contribution >= 4 is 35.2 Å². The molecule has 0 aliphatic heterocycles. The van der Waals surface area contributed by atoms with E-state index in [0.29, 0.717) is 29.3 Å². The summed E-state index contributed by atoms with van der Waals surface area (Å²) in [4.78, 5) is 28.3. The summed E-state index contributed by atoms with van der Waals surface area (Å²) in [6.45, 7) is 4.31. The normalized spacial score (nSPS) is 15.1. The van der Waals surface area contributed by atoms with Crippen LogP contribution in [0.25, 0.3) is 0 Å². The van der Waals surface area contributed by atoms with Crippen molar-refractivity contribution in [1.82, 2.24) is 10.2 Å². The predicted molar refractivity (Wildman–Crippen MR) is 138 cm³/mol. The van der Waals surface area contributed by atoms with Gasteiger partial charge in [-0.05, 0) is 43.9 Å². The number of benzene rings is 2. The fourth-order valence-corrected chi connectivity index (χ4v) is 5.60. The molecule has 2 aromatic rings. The maximum atomic E-state index is 14.1. The Morgan fingerprint density at radius 1 is 1.15 bits per heavy atom. The largest absolute Gasteiger partial charge is 0.352 e. The molecule has 1 saturated carbocycles. The van der Waals surface area contributed by atoms with Crippen molar-refractivity contribution in [2.24, 2.45) is 0 Å².